The van der Waals surface area contributed by atoms with Crippen LogP contribution in [0.25, 0.3) is 0 Å². The van der Waals surface area contributed by atoms with Crippen molar-refractivity contribution in [3.63, 3.8) is 0 Å². The number of ether oxygens (including phenoxy) is 1. The Morgan fingerprint density at radius 3 is 2.22 bits per heavy atom. The van der Waals surface area contributed by atoms with E-state index < -0.39 is 11.7 Å². The molecule has 1 N–H and O–H groups in total. The SMILES string of the molecule is COC(C)(C)C(O)CBr. The van der Waals surface area contributed by atoms with Gasteiger partial charge in [-0.1, -0.05) is 15.9 Å². The molecule has 0 aromatic carbocycles. The molecule has 1 atom stereocenters. The molecule has 3 heteroatoms. The van der Waals surface area contributed by atoms with Gasteiger partial charge in [-0.25, -0.2) is 0 Å². The van der Waals surface area contributed by atoms with E-state index in [4.69, 9.17) is 4.74 Å². The molecule has 0 radical (unpaired) electrons. The lowest BCUT2D eigenvalue weighted by atomic mass is 10.0. The van der Waals surface area contributed by atoms with Crippen LogP contribution in [0.1, 0.15) is 13.8 Å². The standard InChI is InChI=1S/C6H13BrO2/c1-6(2,9-3)5(8)4-7/h5,8H,4H2,1-3H3. The molecule has 0 aliphatic carbocycles. The van der Waals surface area contributed by atoms with Gasteiger partial charge >= 0.3 is 0 Å². The van der Waals surface area contributed by atoms with Crippen LogP contribution in [0.3, 0.4) is 0 Å². The maximum Gasteiger partial charge on any atom is 0.0920 e. The second-order valence-corrected chi connectivity index (χ2v) is 3.13. The first-order valence-corrected chi connectivity index (χ1v) is 3.96. The minimum Gasteiger partial charge on any atom is -0.389 e. The summed E-state index contributed by atoms with van der Waals surface area (Å²) in [5.74, 6) is 0. The average Bonchev–Trinajstić information content (AvgIpc) is 1.86. The summed E-state index contributed by atoms with van der Waals surface area (Å²) < 4.78 is 5.01. The van der Waals surface area contributed by atoms with Gasteiger partial charge in [0.25, 0.3) is 0 Å². The van der Waals surface area contributed by atoms with Crippen molar-refractivity contribution in [2.45, 2.75) is 25.6 Å². The van der Waals surface area contributed by atoms with Gasteiger partial charge in [-0.05, 0) is 13.8 Å². The molecule has 9 heavy (non-hydrogen) atoms. The third-order valence-electron chi connectivity index (χ3n) is 1.47. The smallest absolute Gasteiger partial charge is 0.0920 e. The fourth-order valence-corrected chi connectivity index (χ4v) is 1.10. The lowest BCUT2D eigenvalue weighted by Gasteiger charge is -2.27. The third-order valence-corrected chi connectivity index (χ3v) is 2.09. The average molecular weight is 197 g/mol. The fourth-order valence-electron chi connectivity index (χ4n) is 0.322. The van der Waals surface area contributed by atoms with Gasteiger partial charge in [0.2, 0.25) is 0 Å². The van der Waals surface area contributed by atoms with Crippen LogP contribution >= 0.6 is 15.9 Å². The molecule has 0 bridgehead atoms. The molecule has 2 nitrogen and oxygen atoms in total. The van der Waals surface area contributed by atoms with Crippen molar-refractivity contribution in [3.8, 4) is 0 Å². The Labute approximate surface area is 64.3 Å². The summed E-state index contributed by atoms with van der Waals surface area (Å²) in [6, 6.07) is 0. The lowest BCUT2D eigenvalue weighted by molar-refractivity contribution is -0.0661. The summed E-state index contributed by atoms with van der Waals surface area (Å²) in [6.45, 7) is 3.69. The highest BCUT2D eigenvalue weighted by Gasteiger charge is 2.25. The summed E-state index contributed by atoms with van der Waals surface area (Å²) in [4.78, 5) is 0. The van der Waals surface area contributed by atoms with E-state index in [9.17, 15) is 5.11 Å². The fraction of sp³-hybridized carbons (Fsp3) is 1.00. The van der Waals surface area contributed by atoms with E-state index in [0.29, 0.717) is 5.33 Å². The molecule has 0 aromatic rings. The van der Waals surface area contributed by atoms with Crippen molar-refractivity contribution in [2.24, 2.45) is 0 Å². The van der Waals surface area contributed by atoms with Gasteiger partial charge in [0.1, 0.15) is 0 Å². The van der Waals surface area contributed by atoms with Crippen LogP contribution < -0.4 is 0 Å². The maximum atomic E-state index is 9.21. The Hall–Kier alpha value is 0.400. The zero-order chi connectivity index (χ0) is 7.49. The first-order valence-electron chi connectivity index (χ1n) is 2.83. The molecular weight excluding hydrogens is 184 g/mol. The molecule has 0 spiro atoms. The Kier molecular flexibility index (Phi) is 3.70. The van der Waals surface area contributed by atoms with E-state index in [0.717, 1.165) is 0 Å². The molecule has 0 rings (SSSR count). The molecule has 0 saturated carbocycles. The summed E-state index contributed by atoms with van der Waals surface area (Å²) >= 11 is 3.16. The minimum atomic E-state index is -0.442. The maximum absolute atomic E-state index is 9.21. The van der Waals surface area contributed by atoms with Gasteiger partial charge in [-0.2, -0.15) is 0 Å². The predicted molar refractivity (Wildman–Crippen MR) is 40.9 cm³/mol. The van der Waals surface area contributed by atoms with Crippen LogP contribution in [0.15, 0.2) is 0 Å². The highest BCUT2D eigenvalue weighted by Crippen LogP contribution is 2.14. The molecule has 0 heterocycles. The monoisotopic (exact) mass is 196 g/mol. The van der Waals surface area contributed by atoms with Crippen LogP contribution in [0.4, 0.5) is 0 Å². The highest BCUT2D eigenvalue weighted by atomic mass is 79.9. The van der Waals surface area contributed by atoms with E-state index >= 15 is 0 Å². The number of hydrogen-bond donors (Lipinski definition) is 1. The van der Waals surface area contributed by atoms with Gasteiger partial charge in [0, 0.05) is 12.4 Å². The number of aliphatic hydroxyl groups is 1. The second-order valence-electron chi connectivity index (χ2n) is 2.48. The number of methoxy groups -OCH3 is 1. The van der Waals surface area contributed by atoms with Crippen LogP contribution in [0, 0.1) is 0 Å². The Morgan fingerprint density at radius 2 is 2.11 bits per heavy atom. The molecule has 0 aliphatic rings. The van der Waals surface area contributed by atoms with Gasteiger partial charge in [0.05, 0.1) is 11.7 Å². The number of halogens is 1. The number of hydrogen-bond acceptors (Lipinski definition) is 2. The van der Waals surface area contributed by atoms with Gasteiger partial charge in [-0.15, -0.1) is 0 Å². The van der Waals surface area contributed by atoms with E-state index in [2.05, 4.69) is 15.9 Å². The van der Waals surface area contributed by atoms with Gasteiger partial charge < -0.3 is 9.84 Å². The van der Waals surface area contributed by atoms with Gasteiger partial charge in [-0.3, -0.25) is 0 Å². The first kappa shape index (κ1) is 9.40. The summed E-state index contributed by atoms with van der Waals surface area (Å²) in [7, 11) is 1.59. The topological polar surface area (TPSA) is 29.5 Å². The number of alkyl halides is 1. The van der Waals surface area contributed by atoms with Crippen molar-refractivity contribution in [2.75, 3.05) is 12.4 Å². The van der Waals surface area contributed by atoms with Crippen molar-refractivity contribution in [1.82, 2.24) is 0 Å². The lowest BCUT2D eigenvalue weighted by Crippen LogP contribution is -2.39. The van der Waals surface area contributed by atoms with Crippen molar-refractivity contribution in [1.29, 1.82) is 0 Å². The quantitative estimate of drug-likeness (QED) is 0.688. The first-order chi connectivity index (χ1) is 4.04. The largest absolute Gasteiger partial charge is 0.389 e. The number of rotatable bonds is 3. The molecular formula is C6H13BrO2. The Bertz CT molecular complexity index is 83.1. The zero-order valence-corrected chi connectivity index (χ0v) is 7.60. The van der Waals surface area contributed by atoms with E-state index in [1.54, 1.807) is 7.11 Å². The minimum absolute atomic E-state index is 0.441. The summed E-state index contributed by atoms with van der Waals surface area (Å²) in [5.41, 5.74) is -0.441. The molecule has 56 valence electrons. The van der Waals surface area contributed by atoms with Gasteiger partial charge in [0.15, 0.2) is 0 Å². The van der Waals surface area contributed by atoms with Crippen LogP contribution in [-0.4, -0.2) is 29.3 Å². The van der Waals surface area contributed by atoms with Crippen LogP contribution in [-0.2, 0) is 4.74 Å². The number of aliphatic hydroxyl groups excluding tert-OH is 1. The predicted octanol–water partition coefficient (Wildman–Crippen LogP) is 1.17. The molecule has 0 fully saturated rings. The molecule has 0 aliphatic heterocycles. The normalized spacial score (nSPS) is 15.7. The summed E-state index contributed by atoms with van der Waals surface area (Å²) in [6.07, 6.45) is -0.442. The molecule has 0 amide bonds. The van der Waals surface area contributed by atoms with Crippen molar-refractivity contribution in [3.05, 3.63) is 0 Å². The molecule has 1 unspecified atom stereocenters. The van der Waals surface area contributed by atoms with Crippen LogP contribution in [0.5, 0.6) is 0 Å². The Balaban J connectivity index is 3.80. The second kappa shape index (κ2) is 3.54. The van der Waals surface area contributed by atoms with Crippen LogP contribution in [0.2, 0.25) is 0 Å². The Morgan fingerprint density at radius 1 is 1.67 bits per heavy atom. The highest BCUT2D eigenvalue weighted by molar-refractivity contribution is 9.09. The van der Waals surface area contributed by atoms with Crippen molar-refractivity contribution < 1.29 is 9.84 Å². The van der Waals surface area contributed by atoms with E-state index in [-0.39, 0.29) is 0 Å². The van der Waals surface area contributed by atoms with Crippen molar-refractivity contribution >= 4 is 15.9 Å². The zero-order valence-electron chi connectivity index (χ0n) is 6.02. The van der Waals surface area contributed by atoms with E-state index in [1.807, 2.05) is 13.8 Å². The molecule has 0 aromatic heterocycles. The summed E-state index contributed by atoms with van der Waals surface area (Å²) in [5, 5.41) is 9.76. The van der Waals surface area contributed by atoms with E-state index in [1.165, 1.54) is 0 Å². The molecule has 0 saturated heterocycles. The third kappa shape index (κ3) is 2.65.